The Labute approximate surface area is 176 Å². The Bertz CT molecular complexity index is 1180. The molecule has 142 valence electrons. The normalized spacial score (nSPS) is 20.0. The Morgan fingerprint density at radius 2 is 1.90 bits per heavy atom. The zero-order valence-corrected chi connectivity index (χ0v) is 16.9. The van der Waals surface area contributed by atoms with E-state index < -0.39 is 0 Å². The Balaban J connectivity index is 1.44. The van der Waals surface area contributed by atoms with Crippen LogP contribution in [0, 0.1) is 0 Å². The van der Waals surface area contributed by atoms with Crippen molar-refractivity contribution >= 4 is 44.8 Å². The SMILES string of the molecule is Brc1ccc2nc(N/N=C\C3=N[C@H]4C=CC=C[C@H]4N3)nc(-c3ccccc3)c2c1. The number of fused-ring (bicyclic) bond motifs is 2. The van der Waals surface area contributed by atoms with E-state index in [1.54, 1.807) is 6.21 Å². The fraction of sp³-hybridized carbons (Fsp3) is 0.0909. The number of amidine groups is 1. The van der Waals surface area contributed by atoms with Crippen LogP contribution in [0.3, 0.4) is 0 Å². The standard InChI is InChI=1S/C22H17BrN6/c23-15-10-11-17-16(12-15)21(14-6-2-1-3-7-14)28-22(27-17)29-24-13-20-25-18-8-4-5-9-19(18)26-20/h1-13,18-19H,(H,25,26)(H,27,28,29)/b24-13-/t18-,19+. The molecule has 0 saturated carbocycles. The molecule has 0 radical (unpaired) electrons. The number of hydrogen-bond donors (Lipinski definition) is 2. The van der Waals surface area contributed by atoms with Gasteiger partial charge in [-0.3, -0.25) is 4.99 Å². The number of anilines is 1. The van der Waals surface area contributed by atoms with Crippen LogP contribution >= 0.6 is 15.9 Å². The smallest absolute Gasteiger partial charge is 0.244 e. The fourth-order valence-electron chi connectivity index (χ4n) is 3.41. The molecule has 0 fully saturated rings. The van der Waals surface area contributed by atoms with Gasteiger partial charge in [-0.05, 0) is 18.2 Å². The highest BCUT2D eigenvalue weighted by atomic mass is 79.9. The number of hydrazone groups is 1. The van der Waals surface area contributed by atoms with E-state index in [0.29, 0.717) is 5.95 Å². The molecule has 2 N–H and O–H groups in total. The van der Waals surface area contributed by atoms with Crippen LogP contribution in [0.5, 0.6) is 0 Å². The van der Waals surface area contributed by atoms with Gasteiger partial charge in [0.2, 0.25) is 5.95 Å². The summed E-state index contributed by atoms with van der Waals surface area (Å²) < 4.78 is 0.986. The highest BCUT2D eigenvalue weighted by Crippen LogP contribution is 2.29. The molecule has 6 nitrogen and oxygen atoms in total. The van der Waals surface area contributed by atoms with E-state index in [0.717, 1.165) is 32.5 Å². The molecule has 0 amide bonds. The lowest BCUT2D eigenvalue weighted by molar-refractivity contribution is 0.696. The van der Waals surface area contributed by atoms with Gasteiger partial charge in [0, 0.05) is 15.4 Å². The van der Waals surface area contributed by atoms with Crippen LogP contribution in [0.1, 0.15) is 0 Å². The molecule has 2 atom stereocenters. The van der Waals surface area contributed by atoms with Crippen molar-refractivity contribution in [3.8, 4) is 11.3 Å². The van der Waals surface area contributed by atoms with Gasteiger partial charge in [0.25, 0.3) is 0 Å². The summed E-state index contributed by atoms with van der Waals surface area (Å²) in [6, 6.07) is 16.4. The minimum atomic E-state index is 0.126. The van der Waals surface area contributed by atoms with Gasteiger partial charge in [-0.25, -0.2) is 15.4 Å². The Hall–Kier alpha value is -3.32. The van der Waals surface area contributed by atoms with Crippen LogP contribution in [0.25, 0.3) is 22.2 Å². The number of rotatable bonds is 4. The number of allylic oxidation sites excluding steroid dienone is 2. The molecule has 0 spiro atoms. The second-order valence-electron chi connectivity index (χ2n) is 6.74. The van der Waals surface area contributed by atoms with E-state index in [1.807, 2.05) is 60.7 Å². The molecule has 2 aromatic carbocycles. The second-order valence-corrected chi connectivity index (χ2v) is 7.65. The summed E-state index contributed by atoms with van der Waals surface area (Å²) in [5, 5.41) is 8.60. The third-order valence-corrected chi connectivity index (χ3v) is 5.26. The molecule has 1 aliphatic heterocycles. The predicted molar refractivity (Wildman–Crippen MR) is 121 cm³/mol. The second kappa shape index (κ2) is 7.60. The van der Waals surface area contributed by atoms with Crippen molar-refractivity contribution in [2.45, 2.75) is 12.1 Å². The van der Waals surface area contributed by atoms with Crippen LogP contribution in [-0.4, -0.2) is 34.1 Å². The van der Waals surface area contributed by atoms with Crippen molar-refractivity contribution in [1.82, 2.24) is 15.3 Å². The van der Waals surface area contributed by atoms with Crippen LogP contribution in [0.4, 0.5) is 5.95 Å². The average Bonchev–Trinajstić information content (AvgIpc) is 3.17. The van der Waals surface area contributed by atoms with E-state index in [4.69, 9.17) is 4.98 Å². The van der Waals surface area contributed by atoms with Gasteiger partial charge in [-0.1, -0.05) is 70.6 Å². The van der Waals surface area contributed by atoms with Gasteiger partial charge in [0.05, 0.1) is 29.5 Å². The molecule has 0 saturated heterocycles. The summed E-state index contributed by atoms with van der Waals surface area (Å²) in [5.74, 6) is 1.17. The lowest BCUT2D eigenvalue weighted by Gasteiger charge is -2.12. The largest absolute Gasteiger partial charge is 0.360 e. The number of aromatic nitrogens is 2. The molecule has 3 aromatic rings. The molecule has 29 heavy (non-hydrogen) atoms. The number of nitrogens with one attached hydrogen (secondary N) is 2. The highest BCUT2D eigenvalue weighted by Gasteiger charge is 2.24. The number of nitrogens with zero attached hydrogens (tertiary/aromatic N) is 4. The minimum absolute atomic E-state index is 0.126. The van der Waals surface area contributed by atoms with Crippen molar-refractivity contribution in [3.63, 3.8) is 0 Å². The van der Waals surface area contributed by atoms with Crippen molar-refractivity contribution in [1.29, 1.82) is 0 Å². The van der Waals surface area contributed by atoms with Gasteiger partial charge in [-0.15, -0.1) is 0 Å². The monoisotopic (exact) mass is 444 g/mol. The average molecular weight is 445 g/mol. The molecule has 2 heterocycles. The predicted octanol–water partition coefficient (Wildman–Crippen LogP) is 4.32. The van der Waals surface area contributed by atoms with Gasteiger partial charge in [-0.2, -0.15) is 5.10 Å². The quantitative estimate of drug-likeness (QED) is 0.464. The summed E-state index contributed by atoms with van der Waals surface area (Å²) in [6.07, 6.45) is 9.87. The summed E-state index contributed by atoms with van der Waals surface area (Å²) >= 11 is 3.54. The summed E-state index contributed by atoms with van der Waals surface area (Å²) in [4.78, 5) is 13.9. The number of benzene rings is 2. The van der Waals surface area contributed by atoms with E-state index in [-0.39, 0.29) is 12.1 Å². The molecule has 1 aromatic heterocycles. The van der Waals surface area contributed by atoms with Gasteiger partial charge in [0.15, 0.2) is 0 Å². The summed E-state index contributed by atoms with van der Waals surface area (Å²) in [6.45, 7) is 0. The molecule has 5 rings (SSSR count). The molecule has 0 unspecified atom stereocenters. The van der Waals surface area contributed by atoms with Crippen molar-refractivity contribution in [3.05, 3.63) is 77.3 Å². The number of aliphatic imine (C=N–C) groups is 1. The van der Waals surface area contributed by atoms with E-state index in [9.17, 15) is 0 Å². The first-order valence-electron chi connectivity index (χ1n) is 9.27. The van der Waals surface area contributed by atoms with Crippen LogP contribution in [-0.2, 0) is 0 Å². The van der Waals surface area contributed by atoms with Crippen LogP contribution < -0.4 is 10.7 Å². The molecular weight excluding hydrogens is 428 g/mol. The van der Waals surface area contributed by atoms with Gasteiger partial charge in [0.1, 0.15) is 5.84 Å². The maximum atomic E-state index is 4.71. The lowest BCUT2D eigenvalue weighted by atomic mass is 10.1. The zero-order valence-electron chi connectivity index (χ0n) is 15.3. The van der Waals surface area contributed by atoms with Gasteiger partial charge >= 0.3 is 0 Å². The third-order valence-electron chi connectivity index (χ3n) is 4.76. The summed E-state index contributed by atoms with van der Waals surface area (Å²) in [7, 11) is 0. The molecule has 1 aliphatic carbocycles. The lowest BCUT2D eigenvalue weighted by Crippen LogP contribution is -2.33. The van der Waals surface area contributed by atoms with E-state index in [1.165, 1.54) is 0 Å². The molecule has 7 heteroatoms. The first-order valence-corrected chi connectivity index (χ1v) is 10.1. The first kappa shape index (κ1) is 17.8. The number of halogens is 1. The topological polar surface area (TPSA) is 74.6 Å². The van der Waals surface area contributed by atoms with E-state index >= 15 is 0 Å². The molecule has 2 aliphatic rings. The van der Waals surface area contributed by atoms with Crippen molar-refractivity contribution in [2.75, 3.05) is 5.43 Å². The maximum Gasteiger partial charge on any atom is 0.244 e. The van der Waals surface area contributed by atoms with Crippen molar-refractivity contribution < 1.29 is 0 Å². The van der Waals surface area contributed by atoms with Crippen LogP contribution in [0.2, 0.25) is 0 Å². The first-order chi connectivity index (χ1) is 14.3. The third kappa shape index (κ3) is 3.69. The van der Waals surface area contributed by atoms with E-state index in [2.05, 4.69) is 53.9 Å². The molecule has 0 bridgehead atoms. The number of hydrogen-bond acceptors (Lipinski definition) is 6. The Kier molecular flexibility index (Phi) is 4.65. The molecular formula is C22H17BrN6. The van der Waals surface area contributed by atoms with Crippen LogP contribution in [0.15, 0.2) is 87.4 Å². The summed E-state index contributed by atoms with van der Waals surface area (Å²) in [5.41, 5.74) is 5.67. The highest BCUT2D eigenvalue weighted by molar-refractivity contribution is 9.10. The Morgan fingerprint density at radius 3 is 2.76 bits per heavy atom. The maximum absolute atomic E-state index is 4.71. The van der Waals surface area contributed by atoms with Crippen molar-refractivity contribution in [2.24, 2.45) is 10.1 Å². The van der Waals surface area contributed by atoms with Gasteiger partial charge < -0.3 is 5.32 Å². The zero-order chi connectivity index (χ0) is 19.6. The minimum Gasteiger partial charge on any atom is -0.360 e. The fourth-order valence-corrected chi connectivity index (χ4v) is 3.77. The Morgan fingerprint density at radius 1 is 1.03 bits per heavy atom.